The molecule has 4 rings (SSSR count). The molecule has 122 valence electrons. The zero-order valence-corrected chi connectivity index (χ0v) is 14.3. The van der Waals surface area contributed by atoms with Gasteiger partial charge in [0.05, 0.1) is 0 Å². The fourth-order valence-electron chi connectivity index (χ4n) is 4.23. The molecule has 1 N–H and O–H groups in total. The number of rotatable bonds is 4. The standard InChI is InChI=1S/C23H25N/c1-17(22-13-7-11-19-10-5-6-12-23(19)22)24-21-15-14-20(16-21)18-8-3-2-4-9-18/h2-13,17,20-21,24H,14-16H2,1H3/t17-,20?,21?/m1/s1. The summed E-state index contributed by atoms with van der Waals surface area (Å²) in [5.74, 6) is 0.711. The molecule has 1 aliphatic carbocycles. The summed E-state index contributed by atoms with van der Waals surface area (Å²) in [6.45, 7) is 2.30. The van der Waals surface area contributed by atoms with Gasteiger partial charge in [0, 0.05) is 12.1 Å². The van der Waals surface area contributed by atoms with E-state index in [1.807, 2.05) is 0 Å². The zero-order valence-electron chi connectivity index (χ0n) is 14.3. The first kappa shape index (κ1) is 15.4. The lowest BCUT2D eigenvalue weighted by Crippen LogP contribution is -2.29. The van der Waals surface area contributed by atoms with Gasteiger partial charge in [-0.3, -0.25) is 0 Å². The summed E-state index contributed by atoms with van der Waals surface area (Å²) >= 11 is 0. The molecule has 3 aromatic carbocycles. The highest BCUT2D eigenvalue weighted by Gasteiger charge is 2.27. The number of fused-ring (bicyclic) bond motifs is 1. The van der Waals surface area contributed by atoms with Crippen LogP contribution in [-0.4, -0.2) is 6.04 Å². The van der Waals surface area contributed by atoms with Crippen LogP contribution in [-0.2, 0) is 0 Å². The van der Waals surface area contributed by atoms with Crippen LogP contribution in [0.3, 0.4) is 0 Å². The van der Waals surface area contributed by atoms with E-state index in [0.29, 0.717) is 18.0 Å². The third kappa shape index (κ3) is 3.09. The van der Waals surface area contributed by atoms with Gasteiger partial charge in [-0.25, -0.2) is 0 Å². The highest BCUT2D eigenvalue weighted by Crippen LogP contribution is 2.35. The average Bonchev–Trinajstić information content (AvgIpc) is 3.10. The second kappa shape index (κ2) is 6.78. The molecule has 24 heavy (non-hydrogen) atoms. The molecule has 1 aliphatic rings. The van der Waals surface area contributed by atoms with Gasteiger partial charge < -0.3 is 5.32 Å². The smallest absolute Gasteiger partial charge is 0.0300 e. The van der Waals surface area contributed by atoms with Crippen molar-refractivity contribution in [2.75, 3.05) is 0 Å². The number of hydrogen-bond acceptors (Lipinski definition) is 1. The van der Waals surface area contributed by atoms with Crippen molar-refractivity contribution in [3.05, 3.63) is 83.9 Å². The average molecular weight is 315 g/mol. The van der Waals surface area contributed by atoms with Crippen molar-refractivity contribution >= 4 is 10.8 Å². The lowest BCUT2D eigenvalue weighted by molar-refractivity contribution is 0.459. The molecule has 0 spiro atoms. The van der Waals surface area contributed by atoms with Crippen LogP contribution in [0.4, 0.5) is 0 Å². The minimum absolute atomic E-state index is 0.385. The molecule has 0 amide bonds. The molecule has 1 fully saturated rings. The predicted molar refractivity (Wildman–Crippen MR) is 102 cm³/mol. The van der Waals surface area contributed by atoms with Crippen molar-refractivity contribution in [3.8, 4) is 0 Å². The van der Waals surface area contributed by atoms with Gasteiger partial charge in [-0.2, -0.15) is 0 Å². The summed E-state index contributed by atoms with van der Waals surface area (Å²) < 4.78 is 0. The van der Waals surface area contributed by atoms with Crippen LogP contribution in [0.5, 0.6) is 0 Å². The molecule has 0 heterocycles. The Morgan fingerprint density at radius 1 is 0.833 bits per heavy atom. The highest BCUT2D eigenvalue weighted by atomic mass is 14.9. The molecule has 0 bridgehead atoms. The SMILES string of the molecule is C[C@@H](NC1CCC(c2ccccc2)C1)c1cccc2ccccc12. The van der Waals surface area contributed by atoms with Crippen LogP contribution in [0.1, 0.15) is 49.3 Å². The summed E-state index contributed by atoms with van der Waals surface area (Å²) in [5.41, 5.74) is 2.91. The second-order valence-corrected chi connectivity index (χ2v) is 7.07. The summed E-state index contributed by atoms with van der Waals surface area (Å²) in [5, 5.41) is 6.59. The Morgan fingerprint density at radius 2 is 1.58 bits per heavy atom. The molecule has 1 saturated carbocycles. The number of nitrogens with one attached hydrogen (secondary N) is 1. The molecule has 1 heteroatoms. The maximum atomic E-state index is 3.89. The fourth-order valence-corrected chi connectivity index (χ4v) is 4.23. The van der Waals surface area contributed by atoms with E-state index >= 15 is 0 Å². The monoisotopic (exact) mass is 315 g/mol. The lowest BCUT2D eigenvalue weighted by Gasteiger charge is -2.21. The maximum absolute atomic E-state index is 3.89. The van der Waals surface area contributed by atoms with Crippen LogP contribution < -0.4 is 5.32 Å². The summed E-state index contributed by atoms with van der Waals surface area (Å²) in [4.78, 5) is 0. The Kier molecular flexibility index (Phi) is 4.36. The molecule has 0 aliphatic heterocycles. The summed E-state index contributed by atoms with van der Waals surface area (Å²) in [6.07, 6.45) is 3.82. The first-order valence-electron chi connectivity index (χ1n) is 9.10. The van der Waals surface area contributed by atoms with E-state index in [9.17, 15) is 0 Å². The molecular formula is C23H25N. The predicted octanol–water partition coefficient (Wildman–Crippen LogP) is 5.83. The van der Waals surface area contributed by atoms with E-state index in [-0.39, 0.29) is 0 Å². The Balaban J connectivity index is 1.48. The van der Waals surface area contributed by atoms with E-state index in [1.165, 1.54) is 41.2 Å². The van der Waals surface area contributed by atoms with Crippen molar-refractivity contribution in [2.45, 2.75) is 44.2 Å². The summed E-state index contributed by atoms with van der Waals surface area (Å²) in [6, 6.07) is 27.3. The van der Waals surface area contributed by atoms with Gasteiger partial charge in [-0.1, -0.05) is 72.8 Å². The van der Waals surface area contributed by atoms with E-state index < -0.39 is 0 Å². The van der Waals surface area contributed by atoms with Gasteiger partial charge in [0.1, 0.15) is 0 Å². The molecule has 3 aromatic rings. The molecule has 2 unspecified atom stereocenters. The van der Waals surface area contributed by atoms with Crippen molar-refractivity contribution < 1.29 is 0 Å². The minimum Gasteiger partial charge on any atom is -0.307 e. The van der Waals surface area contributed by atoms with E-state index in [2.05, 4.69) is 85.0 Å². The quantitative estimate of drug-likeness (QED) is 0.639. The topological polar surface area (TPSA) is 12.0 Å². The van der Waals surface area contributed by atoms with Crippen LogP contribution >= 0.6 is 0 Å². The molecule has 1 nitrogen and oxygen atoms in total. The van der Waals surface area contributed by atoms with Gasteiger partial charge in [0.15, 0.2) is 0 Å². The van der Waals surface area contributed by atoms with Crippen molar-refractivity contribution in [3.63, 3.8) is 0 Å². The fraction of sp³-hybridized carbons (Fsp3) is 0.304. The number of hydrogen-bond donors (Lipinski definition) is 1. The first-order valence-corrected chi connectivity index (χ1v) is 9.10. The molecule has 0 radical (unpaired) electrons. The highest BCUT2D eigenvalue weighted by molar-refractivity contribution is 5.86. The first-order chi connectivity index (χ1) is 11.8. The Hall–Kier alpha value is -2.12. The molecule has 0 aromatic heterocycles. The van der Waals surface area contributed by atoms with Gasteiger partial charge in [0.2, 0.25) is 0 Å². The zero-order chi connectivity index (χ0) is 16.4. The van der Waals surface area contributed by atoms with Crippen molar-refractivity contribution in [1.29, 1.82) is 0 Å². The van der Waals surface area contributed by atoms with E-state index in [1.54, 1.807) is 0 Å². The Bertz CT molecular complexity index is 803. The maximum Gasteiger partial charge on any atom is 0.0300 e. The normalized spacial score (nSPS) is 21.9. The Morgan fingerprint density at radius 3 is 2.46 bits per heavy atom. The van der Waals surface area contributed by atoms with Gasteiger partial charge in [-0.05, 0) is 54.0 Å². The van der Waals surface area contributed by atoms with Gasteiger partial charge in [0.25, 0.3) is 0 Å². The van der Waals surface area contributed by atoms with Gasteiger partial charge >= 0.3 is 0 Å². The third-order valence-electron chi connectivity index (χ3n) is 5.48. The summed E-state index contributed by atoms with van der Waals surface area (Å²) in [7, 11) is 0. The third-order valence-corrected chi connectivity index (χ3v) is 5.48. The molecular weight excluding hydrogens is 290 g/mol. The van der Waals surface area contributed by atoms with Crippen LogP contribution in [0.2, 0.25) is 0 Å². The van der Waals surface area contributed by atoms with Crippen LogP contribution in [0, 0.1) is 0 Å². The van der Waals surface area contributed by atoms with Crippen molar-refractivity contribution in [1.82, 2.24) is 5.32 Å². The second-order valence-electron chi connectivity index (χ2n) is 7.07. The number of benzene rings is 3. The minimum atomic E-state index is 0.385. The van der Waals surface area contributed by atoms with Gasteiger partial charge in [-0.15, -0.1) is 0 Å². The van der Waals surface area contributed by atoms with E-state index in [4.69, 9.17) is 0 Å². The largest absolute Gasteiger partial charge is 0.307 e. The van der Waals surface area contributed by atoms with Crippen molar-refractivity contribution in [2.24, 2.45) is 0 Å². The Labute approximate surface area is 144 Å². The van der Waals surface area contributed by atoms with Crippen LogP contribution in [0.15, 0.2) is 72.8 Å². The molecule has 3 atom stereocenters. The molecule has 0 saturated heterocycles. The van der Waals surface area contributed by atoms with Crippen LogP contribution in [0.25, 0.3) is 10.8 Å². The van der Waals surface area contributed by atoms with E-state index in [0.717, 1.165) is 0 Å². The lowest BCUT2D eigenvalue weighted by atomic mass is 9.97.